The van der Waals surface area contributed by atoms with E-state index in [4.69, 9.17) is 0 Å². The van der Waals surface area contributed by atoms with Crippen LogP contribution in [0.25, 0.3) is 0 Å². The molecular formula is C25H26N2S. The summed E-state index contributed by atoms with van der Waals surface area (Å²) in [4.78, 5) is 8.14. The fourth-order valence-corrected chi connectivity index (χ4v) is 5.59. The number of piperazine rings is 1. The highest BCUT2D eigenvalue weighted by atomic mass is 32.2. The van der Waals surface area contributed by atoms with E-state index in [2.05, 4.69) is 88.7 Å². The summed E-state index contributed by atoms with van der Waals surface area (Å²) in [6.07, 6.45) is 1.11. The smallest absolute Gasteiger partial charge is 0.0401 e. The van der Waals surface area contributed by atoms with Gasteiger partial charge in [0.25, 0.3) is 0 Å². The Morgan fingerprint density at radius 2 is 1.39 bits per heavy atom. The van der Waals surface area contributed by atoms with Crippen LogP contribution in [-0.2, 0) is 13.0 Å². The van der Waals surface area contributed by atoms with Gasteiger partial charge in [0, 0.05) is 48.6 Å². The van der Waals surface area contributed by atoms with Crippen LogP contribution in [0.3, 0.4) is 0 Å². The zero-order chi connectivity index (χ0) is 18.8. The van der Waals surface area contributed by atoms with Crippen molar-refractivity contribution in [2.45, 2.75) is 28.8 Å². The first-order valence-corrected chi connectivity index (χ1v) is 11.0. The number of fused-ring (bicyclic) bond motifs is 2. The molecule has 0 saturated carbocycles. The molecule has 1 unspecified atom stereocenters. The highest BCUT2D eigenvalue weighted by molar-refractivity contribution is 7.99. The van der Waals surface area contributed by atoms with E-state index in [9.17, 15) is 0 Å². The lowest BCUT2D eigenvalue weighted by Gasteiger charge is -2.39. The topological polar surface area (TPSA) is 6.48 Å². The zero-order valence-electron chi connectivity index (χ0n) is 16.1. The van der Waals surface area contributed by atoms with E-state index in [0.717, 1.165) is 39.1 Å². The van der Waals surface area contributed by atoms with Crippen molar-refractivity contribution in [1.82, 2.24) is 9.80 Å². The number of rotatable bonds is 3. The Balaban J connectivity index is 1.34. The molecule has 3 aromatic carbocycles. The van der Waals surface area contributed by atoms with Crippen molar-refractivity contribution in [3.05, 3.63) is 95.6 Å². The van der Waals surface area contributed by atoms with Crippen LogP contribution in [-0.4, -0.2) is 36.0 Å². The molecule has 0 spiro atoms. The van der Waals surface area contributed by atoms with Gasteiger partial charge in [-0.05, 0) is 35.2 Å². The average molecular weight is 387 g/mol. The van der Waals surface area contributed by atoms with E-state index in [1.807, 2.05) is 11.8 Å². The van der Waals surface area contributed by atoms with E-state index in [1.165, 1.54) is 26.5 Å². The molecule has 0 bridgehead atoms. The Morgan fingerprint density at radius 3 is 2.21 bits per heavy atom. The molecule has 142 valence electrons. The van der Waals surface area contributed by atoms with Gasteiger partial charge in [-0.15, -0.1) is 0 Å². The Bertz CT molecular complexity index is 932. The van der Waals surface area contributed by atoms with Gasteiger partial charge in [0.1, 0.15) is 0 Å². The molecule has 2 heterocycles. The highest BCUT2D eigenvalue weighted by Crippen LogP contribution is 2.42. The molecule has 28 heavy (non-hydrogen) atoms. The van der Waals surface area contributed by atoms with Gasteiger partial charge in [-0.3, -0.25) is 9.80 Å². The monoisotopic (exact) mass is 386 g/mol. The Hall–Kier alpha value is -2.07. The third-order valence-electron chi connectivity index (χ3n) is 5.98. The van der Waals surface area contributed by atoms with E-state index in [0.29, 0.717) is 6.04 Å². The zero-order valence-corrected chi connectivity index (χ0v) is 16.9. The maximum atomic E-state index is 2.71. The summed E-state index contributed by atoms with van der Waals surface area (Å²) >= 11 is 1.94. The summed E-state index contributed by atoms with van der Waals surface area (Å²) in [5.74, 6) is 0. The minimum absolute atomic E-state index is 0.478. The van der Waals surface area contributed by atoms with Crippen molar-refractivity contribution in [1.29, 1.82) is 0 Å². The highest BCUT2D eigenvalue weighted by Gasteiger charge is 2.29. The summed E-state index contributed by atoms with van der Waals surface area (Å²) in [6.45, 7) is 5.62. The van der Waals surface area contributed by atoms with Gasteiger partial charge in [-0.1, -0.05) is 78.5 Å². The maximum absolute atomic E-state index is 2.71. The van der Waals surface area contributed by atoms with Crippen molar-refractivity contribution in [2.24, 2.45) is 0 Å². The quantitative estimate of drug-likeness (QED) is 0.607. The first-order valence-electron chi connectivity index (χ1n) is 10.2. The van der Waals surface area contributed by atoms with E-state index < -0.39 is 0 Å². The Morgan fingerprint density at radius 1 is 0.714 bits per heavy atom. The summed E-state index contributed by atoms with van der Waals surface area (Å²) < 4.78 is 0. The summed E-state index contributed by atoms with van der Waals surface area (Å²) in [5.41, 5.74) is 4.40. The molecule has 0 N–H and O–H groups in total. The van der Waals surface area contributed by atoms with Crippen LogP contribution in [0, 0.1) is 0 Å². The molecule has 5 rings (SSSR count). The van der Waals surface area contributed by atoms with Crippen LogP contribution in [0.15, 0.2) is 88.7 Å². The molecule has 0 amide bonds. The molecule has 3 heteroatoms. The normalized spacial score (nSPS) is 20.2. The molecular weight excluding hydrogens is 360 g/mol. The lowest BCUT2D eigenvalue weighted by molar-refractivity contribution is 0.0902. The van der Waals surface area contributed by atoms with Crippen LogP contribution >= 0.6 is 11.8 Å². The fraction of sp³-hybridized carbons (Fsp3) is 0.280. The van der Waals surface area contributed by atoms with Crippen LogP contribution in [0.2, 0.25) is 0 Å². The predicted molar refractivity (Wildman–Crippen MR) is 117 cm³/mol. The van der Waals surface area contributed by atoms with Crippen LogP contribution in [0.5, 0.6) is 0 Å². The molecule has 2 aliphatic heterocycles. The van der Waals surface area contributed by atoms with Gasteiger partial charge < -0.3 is 0 Å². The van der Waals surface area contributed by atoms with Gasteiger partial charge in [0.05, 0.1) is 0 Å². The molecule has 2 nitrogen and oxygen atoms in total. The minimum atomic E-state index is 0.478. The molecule has 0 aliphatic carbocycles. The van der Waals surface area contributed by atoms with Gasteiger partial charge in [-0.25, -0.2) is 0 Å². The van der Waals surface area contributed by atoms with Gasteiger partial charge in [0.2, 0.25) is 0 Å². The van der Waals surface area contributed by atoms with Crippen molar-refractivity contribution in [3.63, 3.8) is 0 Å². The molecule has 2 aliphatic rings. The van der Waals surface area contributed by atoms with E-state index in [-0.39, 0.29) is 0 Å². The molecule has 1 saturated heterocycles. The standard InChI is InChI=1S/C25H26N2S/c1-2-8-20(9-3-1)19-26-14-16-27(17-15-26)23-18-21-10-4-6-12-24(21)28-25-13-7-5-11-22(23)25/h1-13,23H,14-19H2. The summed E-state index contributed by atoms with van der Waals surface area (Å²) in [7, 11) is 0. The summed E-state index contributed by atoms with van der Waals surface area (Å²) in [5, 5.41) is 0. The van der Waals surface area contributed by atoms with Crippen molar-refractivity contribution in [3.8, 4) is 0 Å². The lowest BCUT2D eigenvalue weighted by atomic mass is 9.96. The second-order valence-corrected chi connectivity index (χ2v) is 8.85. The van der Waals surface area contributed by atoms with E-state index in [1.54, 1.807) is 0 Å². The third-order valence-corrected chi connectivity index (χ3v) is 7.19. The second-order valence-electron chi connectivity index (χ2n) is 7.77. The third kappa shape index (κ3) is 3.75. The van der Waals surface area contributed by atoms with E-state index >= 15 is 0 Å². The first kappa shape index (κ1) is 18.0. The molecule has 0 radical (unpaired) electrons. The SMILES string of the molecule is c1ccc(CN2CCN(C3Cc4ccccc4Sc4ccccc43)CC2)cc1. The maximum Gasteiger partial charge on any atom is 0.0401 e. The number of hydrogen-bond donors (Lipinski definition) is 0. The predicted octanol–water partition coefficient (Wildman–Crippen LogP) is 5.25. The largest absolute Gasteiger partial charge is 0.297 e. The average Bonchev–Trinajstić information content (AvgIpc) is 2.92. The molecule has 1 fully saturated rings. The second kappa shape index (κ2) is 8.12. The molecule has 0 aromatic heterocycles. The van der Waals surface area contributed by atoms with Crippen LogP contribution in [0.1, 0.15) is 22.7 Å². The number of hydrogen-bond acceptors (Lipinski definition) is 3. The Labute approximate surface area is 172 Å². The number of nitrogens with zero attached hydrogens (tertiary/aromatic N) is 2. The summed E-state index contributed by atoms with van der Waals surface area (Å²) in [6, 6.07) is 29.3. The van der Waals surface area contributed by atoms with Gasteiger partial charge in [-0.2, -0.15) is 0 Å². The molecule has 3 aromatic rings. The van der Waals surface area contributed by atoms with Crippen molar-refractivity contribution >= 4 is 11.8 Å². The molecule has 1 atom stereocenters. The minimum Gasteiger partial charge on any atom is -0.297 e. The van der Waals surface area contributed by atoms with Crippen molar-refractivity contribution in [2.75, 3.05) is 26.2 Å². The first-order chi connectivity index (χ1) is 13.9. The fourth-order valence-electron chi connectivity index (χ4n) is 4.46. The Kier molecular flexibility index (Phi) is 5.22. The van der Waals surface area contributed by atoms with Crippen LogP contribution in [0.4, 0.5) is 0 Å². The van der Waals surface area contributed by atoms with Crippen LogP contribution < -0.4 is 0 Å². The van der Waals surface area contributed by atoms with Gasteiger partial charge in [0.15, 0.2) is 0 Å². The van der Waals surface area contributed by atoms with Crippen molar-refractivity contribution < 1.29 is 0 Å². The lowest BCUT2D eigenvalue weighted by Crippen LogP contribution is -2.47. The van der Waals surface area contributed by atoms with Gasteiger partial charge >= 0.3 is 0 Å². The number of benzene rings is 3.